The van der Waals surface area contributed by atoms with Crippen molar-refractivity contribution in [2.75, 3.05) is 6.61 Å². The summed E-state index contributed by atoms with van der Waals surface area (Å²) in [5.41, 5.74) is 3.65. The van der Waals surface area contributed by atoms with Gasteiger partial charge in [0.2, 0.25) is 0 Å². The average Bonchev–Trinajstić information content (AvgIpc) is 2.86. The van der Waals surface area contributed by atoms with Gasteiger partial charge in [0.1, 0.15) is 11.4 Å². The van der Waals surface area contributed by atoms with Gasteiger partial charge in [-0.3, -0.25) is 9.78 Å². The maximum Gasteiger partial charge on any atom is 0.185 e. The number of Topliss-reactive ketones (excluding diaryl/α,β-unsaturated/α-hetero) is 1. The lowest BCUT2D eigenvalue weighted by molar-refractivity contribution is 0.0987. The first kappa shape index (κ1) is 13.3. The van der Waals surface area contributed by atoms with Crippen molar-refractivity contribution in [3.8, 4) is 5.75 Å². The van der Waals surface area contributed by atoms with Gasteiger partial charge in [-0.1, -0.05) is 15.9 Å². The fourth-order valence-corrected chi connectivity index (χ4v) is 2.98. The van der Waals surface area contributed by atoms with Crippen LogP contribution in [-0.4, -0.2) is 17.4 Å². The highest BCUT2D eigenvalue weighted by molar-refractivity contribution is 9.10. The van der Waals surface area contributed by atoms with Gasteiger partial charge < -0.3 is 4.74 Å². The molecule has 4 heteroatoms. The molecule has 2 heterocycles. The summed E-state index contributed by atoms with van der Waals surface area (Å²) in [5, 5.41) is 0. The molecule has 0 radical (unpaired) electrons. The lowest BCUT2D eigenvalue weighted by Crippen LogP contribution is -2.07. The molecule has 0 unspecified atom stereocenters. The van der Waals surface area contributed by atoms with Crippen LogP contribution in [0.4, 0.5) is 0 Å². The minimum atomic E-state index is 0.0181. The second-order valence-electron chi connectivity index (χ2n) is 4.97. The Labute approximate surface area is 126 Å². The summed E-state index contributed by atoms with van der Waals surface area (Å²) in [4.78, 5) is 16.5. The van der Waals surface area contributed by atoms with E-state index in [0.717, 1.165) is 27.8 Å². The Kier molecular flexibility index (Phi) is 3.57. The van der Waals surface area contributed by atoms with Crippen molar-refractivity contribution in [1.82, 2.24) is 4.98 Å². The van der Waals surface area contributed by atoms with E-state index >= 15 is 0 Å². The molecule has 1 aromatic heterocycles. The van der Waals surface area contributed by atoms with E-state index in [-0.39, 0.29) is 5.78 Å². The zero-order valence-corrected chi connectivity index (χ0v) is 12.7. The molecule has 0 atom stereocenters. The minimum absolute atomic E-state index is 0.0181. The van der Waals surface area contributed by atoms with Gasteiger partial charge in [0, 0.05) is 29.1 Å². The lowest BCUT2D eigenvalue weighted by atomic mass is 10.0. The van der Waals surface area contributed by atoms with E-state index in [1.807, 2.05) is 25.1 Å². The van der Waals surface area contributed by atoms with Crippen LogP contribution in [0.25, 0.3) is 0 Å². The molecule has 0 spiro atoms. The molecule has 0 saturated heterocycles. The van der Waals surface area contributed by atoms with Crippen LogP contribution in [0.1, 0.15) is 27.2 Å². The molecule has 20 heavy (non-hydrogen) atoms. The molecule has 0 aliphatic carbocycles. The minimum Gasteiger partial charge on any atom is -0.493 e. The van der Waals surface area contributed by atoms with Gasteiger partial charge in [0.25, 0.3) is 0 Å². The van der Waals surface area contributed by atoms with Gasteiger partial charge in [-0.15, -0.1) is 0 Å². The monoisotopic (exact) mass is 331 g/mol. The third-order valence-electron chi connectivity index (χ3n) is 3.38. The molecule has 1 aliphatic rings. The molecule has 102 valence electrons. The van der Waals surface area contributed by atoms with Crippen LogP contribution in [0.5, 0.6) is 5.75 Å². The van der Waals surface area contributed by atoms with Crippen LogP contribution >= 0.6 is 15.9 Å². The predicted molar refractivity (Wildman–Crippen MR) is 80.3 cm³/mol. The fraction of sp³-hybridized carbons (Fsp3) is 0.250. The van der Waals surface area contributed by atoms with Crippen molar-refractivity contribution >= 4 is 21.7 Å². The molecule has 1 aliphatic heterocycles. The van der Waals surface area contributed by atoms with Gasteiger partial charge in [0.15, 0.2) is 5.78 Å². The van der Waals surface area contributed by atoms with E-state index < -0.39 is 0 Å². The number of carbonyl (C=O) groups excluding carboxylic acids is 1. The normalized spacial score (nSPS) is 12.9. The molecule has 0 N–H and O–H groups in total. The number of ether oxygens (including phenoxy) is 1. The molecular weight excluding hydrogens is 318 g/mol. The Morgan fingerprint density at radius 2 is 2.25 bits per heavy atom. The van der Waals surface area contributed by atoms with Gasteiger partial charge in [-0.05, 0) is 42.3 Å². The summed E-state index contributed by atoms with van der Waals surface area (Å²) in [6.07, 6.45) is 2.89. The van der Waals surface area contributed by atoms with Crippen LogP contribution in [-0.2, 0) is 12.8 Å². The zero-order chi connectivity index (χ0) is 14.1. The SMILES string of the molecule is Cc1ccnc(C(=O)Cc2cc(Br)cc3c2OCC3)c1. The summed E-state index contributed by atoms with van der Waals surface area (Å²) in [7, 11) is 0. The Hall–Kier alpha value is -1.68. The highest BCUT2D eigenvalue weighted by Gasteiger charge is 2.20. The molecule has 3 nitrogen and oxygen atoms in total. The third kappa shape index (κ3) is 2.61. The number of hydrogen-bond acceptors (Lipinski definition) is 3. The number of ketones is 1. The van der Waals surface area contributed by atoms with Crippen molar-refractivity contribution in [1.29, 1.82) is 0 Å². The number of benzene rings is 1. The molecule has 0 saturated carbocycles. The second-order valence-corrected chi connectivity index (χ2v) is 5.89. The molecule has 0 fully saturated rings. The van der Waals surface area contributed by atoms with Gasteiger partial charge in [-0.25, -0.2) is 0 Å². The number of halogens is 1. The molecule has 1 aromatic carbocycles. The van der Waals surface area contributed by atoms with Gasteiger partial charge in [-0.2, -0.15) is 0 Å². The number of fused-ring (bicyclic) bond motifs is 1. The number of aromatic nitrogens is 1. The molecule has 0 bridgehead atoms. The number of pyridine rings is 1. The number of aryl methyl sites for hydroxylation is 1. The van der Waals surface area contributed by atoms with Gasteiger partial charge >= 0.3 is 0 Å². The van der Waals surface area contributed by atoms with Crippen molar-refractivity contribution in [2.45, 2.75) is 19.8 Å². The highest BCUT2D eigenvalue weighted by atomic mass is 79.9. The smallest absolute Gasteiger partial charge is 0.185 e. The Morgan fingerprint density at radius 3 is 3.05 bits per heavy atom. The molecule has 0 amide bonds. The summed E-state index contributed by atoms with van der Waals surface area (Å²) in [6.45, 7) is 2.65. The number of hydrogen-bond donors (Lipinski definition) is 0. The van der Waals surface area contributed by atoms with Crippen LogP contribution in [0.15, 0.2) is 34.9 Å². The zero-order valence-electron chi connectivity index (χ0n) is 11.1. The molecular formula is C16H14BrNO2. The standard InChI is InChI=1S/C16H14BrNO2/c1-10-2-4-18-14(6-10)15(19)9-12-8-13(17)7-11-3-5-20-16(11)12/h2,4,6-8H,3,5,9H2,1H3. The largest absolute Gasteiger partial charge is 0.493 e. The van der Waals surface area contributed by atoms with E-state index in [1.165, 1.54) is 5.56 Å². The van der Waals surface area contributed by atoms with Crippen molar-refractivity contribution in [2.24, 2.45) is 0 Å². The summed E-state index contributed by atoms with van der Waals surface area (Å²) in [6, 6.07) is 7.72. The van der Waals surface area contributed by atoms with E-state index in [4.69, 9.17) is 4.74 Å². The average molecular weight is 332 g/mol. The topological polar surface area (TPSA) is 39.2 Å². The maximum absolute atomic E-state index is 12.3. The Morgan fingerprint density at radius 1 is 1.40 bits per heavy atom. The van der Waals surface area contributed by atoms with Crippen molar-refractivity contribution in [3.63, 3.8) is 0 Å². The quantitative estimate of drug-likeness (QED) is 0.808. The number of carbonyl (C=O) groups is 1. The summed E-state index contributed by atoms with van der Waals surface area (Å²) in [5.74, 6) is 0.888. The van der Waals surface area contributed by atoms with Crippen molar-refractivity contribution < 1.29 is 9.53 Å². The van der Waals surface area contributed by atoms with Gasteiger partial charge in [0.05, 0.1) is 6.61 Å². The number of rotatable bonds is 3. The van der Waals surface area contributed by atoms with E-state index in [0.29, 0.717) is 18.7 Å². The molecule has 2 aromatic rings. The van der Waals surface area contributed by atoms with E-state index in [9.17, 15) is 4.79 Å². The fourth-order valence-electron chi connectivity index (χ4n) is 2.43. The van der Waals surface area contributed by atoms with Crippen LogP contribution in [0.3, 0.4) is 0 Å². The second kappa shape index (κ2) is 5.37. The molecule has 3 rings (SSSR count). The first-order valence-corrected chi connectivity index (χ1v) is 7.33. The van der Waals surface area contributed by atoms with Crippen LogP contribution in [0, 0.1) is 6.92 Å². The Bertz CT molecular complexity index is 682. The Balaban J connectivity index is 1.90. The van der Waals surface area contributed by atoms with Crippen LogP contribution < -0.4 is 4.74 Å². The number of nitrogens with zero attached hydrogens (tertiary/aromatic N) is 1. The summed E-state index contributed by atoms with van der Waals surface area (Å²) < 4.78 is 6.64. The van der Waals surface area contributed by atoms with Crippen LogP contribution in [0.2, 0.25) is 0 Å². The third-order valence-corrected chi connectivity index (χ3v) is 3.84. The van der Waals surface area contributed by atoms with Crippen molar-refractivity contribution in [3.05, 3.63) is 57.3 Å². The first-order chi connectivity index (χ1) is 9.63. The highest BCUT2D eigenvalue weighted by Crippen LogP contribution is 2.33. The summed E-state index contributed by atoms with van der Waals surface area (Å²) >= 11 is 3.49. The first-order valence-electron chi connectivity index (χ1n) is 6.53. The lowest BCUT2D eigenvalue weighted by Gasteiger charge is -2.08. The maximum atomic E-state index is 12.3. The van der Waals surface area contributed by atoms with E-state index in [1.54, 1.807) is 6.20 Å². The van der Waals surface area contributed by atoms with E-state index in [2.05, 4.69) is 27.0 Å². The predicted octanol–water partition coefficient (Wildman–Crippen LogP) is 3.51.